The largest absolute Gasteiger partial charge is 0.467 e. The highest BCUT2D eigenvalue weighted by Crippen LogP contribution is 2.30. The van der Waals surface area contributed by atoms with Crippen LogP contribution in [0.3, 0.4) is 0 Å². The summed E-state index contributed by atoms with van der Waals surface area (Å²) in [6, 6.07) is 12.9. The number of aliphatic hydroxyl groups is 1. The van der Waals surface area contributed by atoms with Crippen LogP contribution in [-0.4, -0.2) is 54.9 Å². The van der Waals surface area contributed by atoms with Gasteiger partial charge in [0.15, 0.2) is 0 Å². The van der Waals surface area contributed by atoms with E-state index in [0.29, 0.717) is 24.5 Å². The van der Waals surface area contributed by atoms with Crippen molar-refractivity contribution in [2.75, 3.05) is 25.7 Å². The number of methoxy groups -OCH3 is 1. The Morgan fingerprint density at radius 3 is 2.54 bits per heavy atom. The molecule has 2 N–H and O–H groups in total. The minimum Gasteiger partial charge on any atom is -0.467 e. The summed E-state index contributed by atoms with van der Waals surface area (Å²) in [7, 11) is 1.34. The van der Waals surface area contributed by atoms with Crippen LogP contribution in [0.25, 0.3) is 11.1 Å². The van der Waals surface area contributed by atoms with Crippen molar-refractivity contribution in [1.29, 1.82) is 0 Å². The zero-order valence-corrected chi connectivity index (χ0v) is 23.1. The molecule has 1 fully saturated rings. The van der Waals surface area contributed by atoms with Crippen LogP contribution < -0.4 is 5.32 Å². The Morgan fingerprint density at radius 1 is 1.11 bits per heavy atom. The highest BCUT2D eigenvalue weighted by Gasteiger charge is 2.24. The zero-order valence-electron chi connectivity index (χ0n) is 22.3. The molecule has 1 aliphatic carbocycles. The van der Waals surface area contributed by atoms with E-state index in [0.717, 1.165) is 34.4 Å². The normalized spacial score (nSPS) is 15.7. The van der Waals surface area contributed by atoms with E-state index in [2.05, 4.69) is 5.32 Å². The molecule has 1 unspecified atom stereocenters. The molecule has 0 aliphatic heterocycles. The minimum absolute atomic E-state index is 0.00655. The van der Waals surface area contributed by atoms with Gasteiger partial charge in [-0.2, -0.15) is 11.8 Å². The third-order valence-corrected chi connectivity index (χ3v) is 7.82. The standard InChI is InChI=1S/C30H41NO5S/c1-21-9-7-8-12-25(21)27-18-23(20-36-24(19-32)17-22-10-5-4-6-11-22)13-14-26(27)29(33)31-28(15-16-37-3)30(34)35-2/h7-9,12-14,18,22,24,28,32H,4-6,10-11,15-17,19-20H2,1-3H3,(H,31,33)/t24?,28-/m0/s1. The van der Waals surface area contributed by atoms with Gasteiger partial charge >= 0.3 is 5.97 Å². The number of ether oxygens (including phenoxy) is 2. The third-order valence-electron chi connectivity index (χ3n) is 7.18. The minimum atomic E-state index is -0.706. The van der Waals surface area contributed by atoms with Gasteiger partial charge in [-0.15, -0.1) is 0 Å². The first-order valence-corrected chi connectivity index (χ1v) is 14.6. The monoisotopic (exact) mass is 527 g/mol. The third kappa shape index (κ3) is 8.59. The predicted octanol–water partition coefficient (Wildman–Crippen LogP) is 5.53. The van der Waals surface area contributed by atoms with Crippen LogP contribution in [0.5, 0.6) is 0 Å². The number of carbonyl (C=O) groups is 2. The number of thioether (sulfide) groups is 1. The summed E-state index contributed by atoms with van der Waals surface area (Å²) in [6.07, 6.45) is 9.41. The van der Waals surface area contributed by atoms with E-state index in [1.807, 2.05) is 49.6 Å². The number of hydrogen-bond acceptors (Lipinski definition) is 6. The van der Waals surface area contributed by atoms with Gasteiger partial charge in [0.05, 0.1) is 26.4 Å². The molecule has 2 atom stereocenters. The number of hydrogen-bond donors (Lipinski definition) is 2. The lowest BCUT2D eigenvalue weighted by Gasteiger charge is -2.26. The molecule has 1 aliphatic rings. The molecule has 0 radical (unpaired) electrons. The molecule has 7 heteroatoms. The fraction of sp³-hybridized carbons (Fsp3) is 0.533. The van der Waals surface area contributed by atoms with Crippen LogP contribution in [0.4, 0.5) is 0 Å². The Morgan fingerprint density at radius 2 is 1.86 bits per heavy atom. The summed E-state index contributed by atoms with van der Waals surface area (Å²) in [4.78, 5) is 25.7. The van der Waals surface area contributed by atoms with Crippen molar-refractivity contribution in [2.45, 2.75) is 70.6 Å². The molecule has 202 valence electrons. The second-order valence-corrected chi connectivity index (χ2v) is 10.9. The quantitative estimate of drug-likeness (QED) is 0.333. The Balaban J connectivity index is 1.81. The first-order chi connectivity index (χ1) is 18.0. The second kappa shape index (κ2) is 15.2. The van der Waals surface area contributed by atoms with Gasteiger partial charge in [-0.05, 0) is 72.1 Å². The topological polar surface area (TPSA) is 84.9 Å². The highest BCUT2D eigenvalue weighted by molar-refractivity contribution is 7.98. The lowest BCUT2D eigenvalue weighted by molar-refractivity contribution is -0.142. The molecule has 2 aromatic carbocycles. The molecule has 0 bridgehead atoms. The average Bonchev–Trinajstić information content (AvgIpc) is 2.93. The zero-order chi connectivity index (χ0) is 26.6. The first kappa shape index (κ1) is 29.2. The molecule has 1 amide bonds. The maximum absolute atomic E-state index is 13.4. The van der Waals surface area contributed by atoms with Crippen molar-refractivity contribution in [3.63, 3.8) is 0 Å². The van der Waals surface area contributed by atoms with Crippen LogP contribution >= 0.6 is 11.8 Å². The van der Waals surface area contributed by atoms with Gasteiger partial charge in [-0.3, -0.25) is 4.79 Å². The van der Waals surface area contributed by atoms with Crippen molar-refractivity contribution in [3.8, 4) is 11.1 Å². The van der Waals surface area contributed by atoms with Crippen molar-refractivity contribution in [1.82, 2.24) is 5.32 Å². The van der Waals surface area contributed by atoms with Crippen LogP contribution in [-0.2, 0) is 20.9 Å². The molecule has 3 rings (SSSR count). The lowest BCUT2D eigenvalue weighted by Crippen LogP contribution is -2.42. The van der Waals surface area contributed by atoms with Crippen molar-refractivity contribution < 1.29 is 24.2 Å². The molecule has 6 nitrogen and oxygen atoms in total. The molecular formula is C30H41NO5S. The summed E-state index contributed by atoms with van der Waals surface area (Å²) in [5.74, 6) is 0.590. The van der Waals surface area contributed by atoms with Gasteiger partial charge < -0.3 is 19.9 Å². The maximum atomic E-state index is 13.4. The number of nitrogens with one attached hydrogen (secondary N) is 1. The van der Waals surface area contributed by atoms with Crippen LogP contribution in [0, 0.1) is 12.8 Å². The fourth-order valence-electron chi connectivity index (χ4n) is 5.04. The van der Waals surface area contributed by atoms with Crippen molar-refractivity contribution in [2.24, 2.45) is 5.92 Å². The first-order valence-electron chi connectivity index (χ1n) is 13.3. The van der Waals surface area contributed by atoms with E-state index >= 15 is 0 Å². The SMILES string of the molecule is COC(=O)[C@H](CCSC)NC(=O)c1ccc(COC(CO)CC2CCCCC2)cc1-c1ccccc1C. The number of carbonyl (C=O) groups excluding carboxylic acids is 2. The van der Waals surface area contributed by atoms with E-state index in [-0.39, 0.29) is 18.6 Å². The second-order valence-electron chi connectivity index (χ2n) is 9.88. The molecule has 0 heterocycles. The van der Waals surface area contributed by atoms with Gasteiger partial charge in [-0.1, -0.05) is 62.4 Å². The molecule has 0 saturated heterocycles. The van der Waals surface area contributed by atoms with Gasteiger partial charge in [0.2, 0.25) is 0 Å². The lowest BCUT2D eigenvalue weighted by atomic mass is 9.85. The van der Waals surface area contributed by atoms with Crippen LogP contribution in [0.1, 0.15) is 66.4 Å². The Bertz CT molecular complexity index is 1020. The summed E-state index contributed by atoms with van der Waals surface area (Å²) in [6.45, 7) is 2.38. The molecule has 2 aromatic rings. The van der Waals surface area contributed by atoms with E-state index in [1.54, 1.807) is 17.8 Å². The molecule has 1 saturated carbocycles. The highest BCUT2D eigenvalue weighted by atomic mass is 32.2. The van der Waals surface area contributed by atoms with E-state index in [1.165, 1.54) is 39.2 Å². The van der Waals surface area contributed by atoms with Crippen LogP contribution in [0.2, 0.25) is 0 Å². The number of aryl methyl sites for hydroxylation is 1. The summed E-state index contributed by atoms with van der Waals surface area (Å²) >= 11 is 1.61. The Labute approximate surface area is 225 Å². The Kier molecular flexibility index (Phi) is 12.0. The van der Waals surface area contributed by atoms with Gasteiger partial charge in [0, 0.05) is 5.56 Å². The van der Waals surface area contributed by atoms with E-state index < -0.39 is 12.0 Å². The Hall–Kier alpha value is -2.35. The van der Waals surface area contributed by atoms with Gasteiger partial charge in [0.25, 0.3) is 5.91 Å². The average molecular weight is 528 g/mol. The molecular weight excluding hydrogens is 486 g/mol. The fourth-order valence-corrected chi connectivity index (χ4v) is 5.52. The molecule has 0 spiro atoms. The van der Waals surface area contributed by atoms with E-state index in [9.17, 15) is 14.7 Å². The number of amides is 1. The predicted molar refractivity (Wildman–Crippen MR) is 150 cm³/mol. The summed E-state index contributed by atoms with van der Waals surface area (Å²) in [5, 5.41) is 12.8. The molecule has 0 aromatic heterocycles. The van der Waals surface area contributed by atoms with Gasteiger partial charge in [0.1, 0.15) is 6.04 Å². The summed E-state index contributed by atoms with van der Waals surface area (Å²) in [5.41, 5.74) is 4.22. The number of aliphatic hydroxyl groups excluding tert-OH is 1. The van der Waals surface area contributed by atoms with E-state index in [4.69, 9.17) is 9.47 Å². The van der Waals surface area contributed by atoms with Crippen molar-refractivity contribution in [3.05, 3.63) is 59.2 Å². The summed E-state index contributed by atoms with van der Waals surface area (Å²) < 4.78 is 11.1. The van der Waals surface area contributed by atoms with Crippen LogP contribution in [0.15, 0.2) is 42.5 Å². The smallest absolute Gasteiger partial charge is 0.328 e. The van der Waals surface area contributed by atoms with Gasteiger partial charge in [-0.25, -0.2) is 4.79 Å². The number of rotatable bonds is 13. The van der Waals surface area contributed by atoms with Crippen molar-refractivity contribution >= 4 is 23.6 Å². The maximum Gasteiger partial charge on any atom is 0.328 e. The molecule has 37 heavy (non-hydrogen) atoms. The number of esters is 1. The number of benzene rings is 2.